The van der Waals surface area contributed by atoms with Gasteiger partial charge in [-0.1, -0.05) is 130 Å². The fourth-order valence-electron chi connectivity index (χ4n) is 13.0. The van der Waals surface area contributed by atoms with E-state index in [4.69, 9.17) is 18.9 Å². The molecule has 1 saturated heterocycles. The number of aliphatic hydroxyl groups excluding tert-OH is 3. The van der Waals surface area contributed by atoms with E-state index in [1.807, 2.05) is 0 Å². The van der Waals surface area contributed by atoms with Crippen molar-refractivity contribution in [3.63, 3.8) is 0 Å². The first-order valence-corrected chi connectivity index (χ1v) is 26.1. The second-order valence-electron chi connectivity index (χ2n) is 21.6. The molecular formula is C52H92N2O9. The molecule has 63 heavy (non-hydrogen) atoms. The zero-order valence-corrected chi connectivity index (χ0v) is 40.6. The Balaban J connectivity index is 0.964. The van der Waals surface area contributed by atoms with Crippen LogP contribution in [0.2, 0.25) is 0 Å². The normalized spacial score (nSPS) is 34.4. The number of carbonyl (C=O) groups excluding carboxylic acids is 2. The summed E-state index contributed by atoms with van der Waals surface area (Å²) < 4.78 is 23.2. The highest BCUT2D eigenvalue weighted by Gasteiger charge is 2.59. The Morgan fingerprint density at radius 3 is 2.22 bits per heavy atom. The molecule has 4 fully saturated rings. The van der Waals surface area contributed by atoms with Gasteiger partial charge in [-0.25, -0.2) is 4.79 Å². The molecule has 364 valence electrons. The molecule has 11 nitrogen and oxygen atoms in total. The number of aliphatic hydroxyl groups is 3. The number of allylic oxidation sites excluding steroid dienone is 1. The number of alkyl carbamates (subject to hydrolysis) is 1. The van der Waals surface area contributed by atoms with Crippen molar-refractivity contribution >= 4 is 12.0 Å². The van der Waals surface area contributed by atoms with Gasteiger partial charge in [0.05, 0.1) is 12.7 Å². The number of carbonyl (C=O) groups is 2. The second-order valence-corrected chi connectivity index (χ2v) is 21.6. The van der Waals surface area contributed by atoms with Gasteiger partial charge >= 0.3 is 6.09 Å². The standard InChI is InChI=1S/C52H92N2O9/c1-7-8-9-10-11-12-13-14-15-16-31-54-50(59)63-48-47(58)46(57)44(34-55)62-49(48)61-35-45(56)53-30-17-18-32-60-39-26-28-51(5)38(33-39)22-23-40-42-25-24-41(37(4)21-19-20-36(2)3)52(42,6)29-27-43(40)51/h22,36-37,39-44,46-49,55,57-58H,7-21,23-35H2,1-6H3,(H,53,56)(H,54,59)/t37-,39+,40+,41-,42+,43+,44-,46-,47+,48-,49+,51+,52-/m1/s1. The lowest BCUT2D eigenvalue weighted by Gasteiger charge is -2.58. The summed E-state index contributed by atoms with van der Waals surface area (Å²) >= 11 is 0. The number of amides is 2. The summed E-state index contributed by atoms with van der Waals surface area (Å²) in [7, 11) is 0. The van der Waals surface area contributed by atoms with Crippen LogP contribution in [0.4, 0.5) is 4.79 Å². The number of hydrogen-bond acceptors (Lipinski definition) is 9. The number of ether oxygens (including phenoxy) is 4. The lowest BCUT2D eigenvalue weighted by Crippen LogP contribution is -2.61. The summed E-state index contributed by atoms with van der Waals surface area (Å²) in [6, 6.07) is 0. The van der Waals surface area contributed by atoms with Gasteiger partial charge in [-0.2, -0.15) is 0 Å². The van der Waals surface area contributed by atoms with Crippen LogP contribution in [0.5, 0.6) is 0 Å². The molecule has 0 unspecified atom stereocenters. The molecule has 0 aromatic rings. The van der Waals surface area contributed by atoms with Crippen LogP contribution in [0, 0.1) is 46.3 Å². The molecule has 2 amide bonds. The minimum atomic E-state index is -1.57. The van der Waals surface area contributed by atoms with Crippen LogP contribution in [0.1, 0.15) is 189 Å². The van der Waals surface area contributed by atoms with E-state index >= 15 is 0 Å². The summed E-state index contributed by atoms with van der Waals surface area (Å²) in [5.41, 5.74) is 2.47. The van der Waals surface area contributed by atoms with E-state index in [-0.39, 0.29) is 12.0 Å². The van der Waals surface area contributed by atoms with Crippen LogP contribution in [0.15, 0.2) is 11.6 Å². The molecule has 5 rings (SSSR count). The first-order valence-electron chi connectivity index (χ1n) is 26.1. The Morgan fingerprint density at radius 1 is 0.810 bits per heavy atom. The number of rotatable bonds is 27. The lowest BCUT2D eigenvalue weighted by atomic mass is 9.47. The molecule has 3 saturated carbocycles. The first kappa shape index (κ1) is 52.2. The Hall–Kier alpha value is -1.76. The van der Waals surface area contributed by atoms with Crippen molar-refractivity contribution in [1.82, 2.24) is 10.6 Å². The third-order valence-corrected chi connectivity index (χ3v) is 16.8. The van der Waals surface area contributed by atoms with Crippen molar-refractivity contribution in [2.45, 2.75) is 226 Å². The molecule has 0 aromatic heterocycles. The highest BCUT2D eigenvalue weighted by atomic mass is 16.7. The van der Waals surface area contributed by atoms with Crippen molar-refractivity contribution in [3.05, 3.63) is 11.6 Å². The van der Waals surface area contributed by atoms with E-state index in [0.29, 0.717) is 30.5 Å². The molecule has 11 heteroatoms. The van der Waals surface area contributed by atoms with Crippen LogP contribution in [-0.4, -0.2) is 97.0 Å². The maximum atomic E-state index is 12.8. The first-order chi connectivity index (χ1) is 30.3. The number of nitrogens with one attached hydrogen (secondary N) is 2. The predicted octanol–water partition coefficient (Wildman–Crippen LogP) is 9.78. The van der Waals surface area contributed by atoms with Crippen LogP contribution in [0.25, 0.3) is 0 Å². The SMILES string of the molecule is CCCCCCCCCCCCNC(=O)O[C@H]1[C@@H](OCC(=O)NCCCCO[C@H]2CC[C@@]3(C)C(=CC[C@H]4[C@@H]5CC[C@H]([C@H](C)CCCC(C)C)[C@@]5(C)CC[C@@H]43)C2)O[C@H](CO)[C@@H](O)[C@@H]1O. The van der Waals surface area contributed by atoms with Gasteiger partial charge in [0.15, 0.2) is 12.4 Å². The van der Waals surface area contributed by atoms with Crippen molar-refractivity contribution in [3.8, 4) is 0 Å². The summed E-state index contributed by atoms with van der Waals surface area (Å²) in [5, 5.41) is 36.5. The van der Waals surface area contributed by atoms with Crippen LogP contribution in [0.3, 0.4) is 0 Å². The topological polar surface area (TPSA) is 156 Å². The van der Waals surface area contributed by atoms with Gasteiger partial charge in [-0.15, -0.1) is 0 Å². The molecule has 1 heterocycles. The molecule has 13 atom stereocenters. The van der Waals surface area contributed by atoms with E-state index in [9.17, 15) is 24.9 Å². The number of fused-ring (bicyclic) bond motifs is 5. The Kier molecular flexibility index (Phi) is 21.5. The zero-order valence-electron chi connectivity index (χ0n) is 40.6. The van der Waals surface area contributed by atoms with E-state index in [1.54, 1.807) is 5.57 Å². The Labute approximate surface area is 382 Å². The van der Waals surface area contributed by atoms with E-state index in [0.717, 1.165) is 80.5 Å². The van der Waals surface area contributed by atoms with Crippen LogP contribution in [-0.2, 0) is 23.7 Å². The van der Waals surface area contributed by atoms with Gasteiger partial charge in [-0.05, 0) is 117 Å². The third kappa shape index (κ3) is 14.4. The molecule has 1 aliphatic heterocycles. The van der Waals surface area contributed by atoms with Crippen LogP contribution >= 0.6 is 0 Å². The predicted molar refractivity (Wildman–Crippen MR) is 249 cm³/mol. The molecule has 0 radical (unpaired) electrons. The summed E-state index contributed by atoms with van der Waals surface area (Å²) in [4.78, 5) is 25.4. The van der Waals surface area contributed by atoms with Gasteiger partial charge in [0, 0.05) is 19.7 Å². The highest BCUT2D eigenvalue weighted by molar-refractivity contribution is 5.77. The van der Waals surface area contributed by atoms with E-state index in [2.05, 4.69) is 58.3 Å². The molecule has 4 aliphatic carbocycles. The monoisotopic (exact) mass is 889 g/mol. The molecule has 5 N–H and O–H groups in total. The summed E-state index contributed by atoms with van der Waals surface area (Å²) in [5.74, 6) is 4.66. The molecule has 0 spiro atoms. The minimum Gasteiger partial charge on any atom is -0.438 e. The summed E-state index contributed by atoms with van der Waals surface area (Å²) in [6.45, 7) is 15.3. The maximum absolute atomic E-state index is 12.8. The largest absolute Gasteiger partial charge is 0.438 e. The number of unbranched alkanes of at least 4 members (excludes halogenated alkanes) is 10. The molecule has 0 bridgehead atoms. The fraction of sp³-hybridized carbons (Fsp3) is 0.923. The Morgan fingerprint density at radius 2 is 1.51 bits per heavy atom. The van der Waals surface area contributed by atoms with Crippen molar-refractivity contribution in [2.24, 2.45) is 46.3 Å². The van der Waals surface area contributed by atoms with Crippen molar-refractivity contribution < 1.29 is 43.9 Å². The van der Waals surface area contributed by atoms with Crippen LogP contribution < -0.4 is 10.6 Å². The summed E-state index contributed by atoms with van der Waals surface area (Å²) in [6.07, 6.45) is 22.9. The van der Waals surface area contributed by atoms with Crippen molar-refractivity contribution in [1.29, 1.82) is 0 Å². The highest BCUT2D eigenvalue weighted by Crippen LogP contribution is 2.67. The van der Waals surface area contributed by atoms with Gasteiger partial charge in [-0.3, -0.25) is 4.79 Å². The average Bonchev–Trinajstić information content (AvgIpc) is 3.62. The number of hydrogen-bond donors (Lipinski definition) is 5. The third-order valence-electron chi connectivity index (χ3n) is 16.8. The van der Waals surface area contributed by atoms with Gasteiger partial charge in [0.2, 0.25) is 5.91 Å². The maximum Gasteiger partial charge on any atom is 0.407 e. The average molecular weight is 889 g/mol. The lowest BCUT2D eigenvalue weighted by molar-refractivity contribution is -0.298. The fourth-order valence-corrected chi connectivity index (χ4v) is 13.0. The smallest absolute Gasteiger partial charge is 0.407 e. The zero-order chi connectivity index (χ0) is 45.4. The van der Waals surface area contributed by atoms with Gasteiger partial charge in [0.1, 0.15) is 24.9 Å². The Bertz CT molecular complexity index is 1390. The van der Waals surface area contributed by atoms with Gasteiger partial charge < -0.3 is 44.9 Å². The van der Waals surface area contributed by atoms with Crippen molar-refractivity contribution in [2.75, 3.05) is 32.9 Å². The molecule has 5 aliphatic rings. The van der Waals surface area contributed by atoms with E-state index in [1.165, 1.54) is 103 Å². The quantitative estimate of drug-likeness (QED) is 0.0401. The minimum absolute atomic E-state index is 0.254. The van der Waals surface area contributed by atoms with E-state index < -0.39 is 50.0 Å². The van der Waals surface area contributed by atoms with Gasteiger partial charge in [0.25, 0.3) is 0 Å². The molecular weight excluding hydrogens is 797 g/mol. The second kappa shape index (κ2) is 26.0. The molecule has 0 aromatic carbocycles.